The summed E-state index contributed by atoms with van der Waals surface area (Å²) in [5.74, 6) is 0.352. The Morgan fingerprint density at radius 1 is 1.36 bits per heavy atom. The lowest BCUT2D eigenvalue weighted by atomic mass is 10.1. The molecule has 22 heavy (non-hydrogen) atoms. The first-order valence-corrected chi connectivity index (χ1v) is 7.12. The van der Waals surface area contributed by atoms with Gasteiger partial charge in [0.25, 0.3) is 0 Å². The summed E-state index contributed by atoms with van der Waals surface area (Å²) in [5, 5.41) is 6.01. The van der Waals surface area contributed by atoms with E-state index in [1.807, 2.05) is 24.3 Å². The number of carbonyl (C=O) groups excluding carboxylic acids is 1. The summed E-state index contributed by atoms with van der Waals surface area (Å²) in [7, 11) is 1.60. The number of hydrogen-bond donors (Lipinski definition) is 2. The van der Waals surface area contributed by atoms with Crippen LogP contribution in [-0.4, -0.2) is 19.1 Å². The van der Waals surface area contributed by atoms with Crippen LogP contribution in [0.15, 0.2) is 42.5 Å². The average molecular weight is 300 g/mol. The minimum atomic E-state index is -0.369. The standard InChI is InChI=1S/C17H17FN2O2/c1-22-16-5-3-2-4-11(16)10-19-17(21)15-9-12-8-13(18)6-7-14(12)20-15/h2-8,15,20H,9-10H2,1H3,(H,19,21). The highest BCUT2D eigenvalue weighted by molar-refractivity contribution is 5.87. The molecule has 1 atom stereocenters. The van der Waals surface area contributed by atoms with Gasteiger partial charge in [0.15, 0.2) is 0 Å². The molecule has 0 bridgehead atoms. The third-order valence-corrected chi connectivity index (χ3v) is 3.78. The van der Waals surface area contributed by atoms with Gasteiger partial charge in [-0.1, -0.05) is 18.2 Å². The van der Waals surface area contributed by atoms with E-state index < -0.39 is 0 Å². The second kappa shape index (κ2) is 6.05. The van der Waals surface area contributed by atoms with E-state index in [9.17, 15) is 9.18 Å². The molecular weight excluding hydrogens is 283 g/mol. The number of para-hydroxylation sites is 1. The van der Waals surface area contributed by atoms with Crippen molar-refractivity contribution in [3.8, 4) is 5.75 Å². The molecule has 4 nitrogen and oxygen atoms in total. The maximum absolute atomic E-state index is 13.2. The Labute approximate surface area is 128 Å². The lowest BCUT2D eigenvalue weighted by Crippen LogP contribution is -2.38. The van der Waals surface area contributed by atoms with E-state index >= 15 is 0 Å². The van der Waals surface area contributed by atoms with Gasteiger partial charge in [0, 0.05) is 24.2 Å². The van der Waals surface area contributed by atoms with E-state index in [0.29, 0.717) is 13.0 Å². The van der Waals surface area contributed by atoms with Gasteiger partial charge in [0.05, 0.1) is 7.11 Å². The first-order chi connectivity index (χ1) is 10.7. The van der Waals surface area contributed by atoms with Crippen molar-refractivity contribution in [3.05, 3.63) is 59.4 Å². The van der Waals surface area contributed by atoms with Crippen molar-refractivity contribution >= 4 is 11.6 Å². The highest BCUT2D eigenvalue weighted by Gasteiger charge is 2.26. The monoisotopic (exact) mass is 300 g/mol. The zero-order valence-corrected chi connectivity index (χ0v) is 12.2. The average Bonchev–Trinajstić information content (AvgIpc) is 2.96. The zero-order chi connectivity index (χ0) is 15.5. The largest absolute Gasteiger partial charge is 0.496 e. The van der Waals surface area contributed by atoms with Crippen molar-refractivity contribution in [2.45, 2.75) is 19.0 Å². The molecule has 0 spiro atoms. The number of nitrogens with one attached hydrogen (secondary N) is 2. The summed E-state index contributed by atoms with van der Waals surface area (Å²) in [6.45, 7) is 0.395. The molecule has 0 radical (unpaired) electrons. The smallest absolute Gasteiger partial charge is 0.243 e. The van der Waals surface area contributed by atoms with Gasteiger partial charge in [-0.25, -0.2) is 4.39 Å². The van der Waals surface area contributed by atoms with Crippen LogP contribution in [0.25, 0.3) is 0 Å². The lowest BCUT2D eigenvalue weighted by molar-refractivity contribution is -0.121. The van der Waals surface area contributed by atoms with E-state index in [2.05, 4.69) is 10.6 Å². The molecule has 3 rings (SSSR count). The van der Waals surface area contributed by atoms with E-state index in [1.54, 1.807) is 13.2 Å². The van der Waals surface area contributed by atoms with Gasteiger partial charge in [0.2, 0.25) is 5.91 Å². The molecule has 0 fully saturated rings. The topological polar surface area (TPSA) is 50.4 Å². The molecule has 2 aromatic carbocycles. The Balaban J connectivity index is 1.62. The number of ether oxygens (including phenoxy) is 1. The third kappa shape index (κ3) is 2.88. The van der Waals surface area contributed by atoms with E-state index in [0.717, 1.165) is 22.6 Å². The molecular formula is C17H17FN2O2. The number of halogens is 1. The first kappa shape index (κ1) is 14.4. The molecule has 0 aromatic heterocycles. The molecule has 0 aliphatic carbocycles. The van der Waals surface area contributed by atoms with Crippen molar-refractivity contribution in [1.29, 1.82) is 0 Å². The summed E-state index contributed by atoms with van der Waals surface area (Å²) in [4.78, 5) is 12.3. The summed E-state index contributed by atoms with van der Waals surface area (Å²) >= 11 is 0. The summed E-state index contributed by atoms with van der Waals surface area (Å²) in [6, 6.07) is 11.7. The second-order valence-electron chi connectivity index (χ2n) is 5.23. The second-order valence-corrected chi connectivity index (χ2v) is 5.23. The predicted molar refractivity (Wildman–Crippen MR) is 82.4 cm³/mol. The fourth-order valence-electron chi connectivity index (χ4n) is 2.64. The van der Waals surface area contributed by atoms with Gasteiger partial charge >= 0.3 is 0 Å². The zero-order valence-electron chi connectivity index (χ0n) is 12.2. The minimum Gasteiger partial charge on any atom is -0.496 e. The van der Waals surface area contributed by atoms with Crippen LogP contribution in [0.3, 0.4) is 0 Å². The molecule has 1 unspecified atom stereocenters. The number of benzene rings is 2. The van der Waals surface area contributed by atoms with Crippen LogP contribution in [0.2, 0.25) is 0 Å². The van der Waals surface area contributed by atoms with Gasteiger partial charge in [-0.2, -0.15) is 0 Å². The van der Waals surface area contributed by atoms with Gasteiger partial charge in [0.1, 0.15) is 17.6 Å². The Bertz CT molecular complexity index is 703. The number of anilines is 1. The number of fused-ring (bicyclic) bond motifs is 1. The van der Waals surface area contributed by atoms with Crippen LogP contribution in [-0.2, 0) is 17.8 Å². The maximum atomic E-state index is 13.2. The molecule has 1 aliphatic heterocycles. The number of rotatable bonds is 4. The first-order valence-electron chi connectivity index (χ1n) is 7.12. The number of amides is 1. The minimum absolute atomic E-state index is 0.109. The van der Waals surface area contributed by atoms with E-state index in [1.165, 1.54) is 12.1 Å². The van der Waals surface area contributed by atoms with Crippen LogP contribution in [0.5, 0.6) is 5.75 Å². The molecule has 0 saturated carbocycles. The van der Waals surface area contributed by atoms with Crippen molar-refractivity contribution in [3.63, 3.8) is 0 Å². The van der Waals surface area contributed by atoms with Crippen LogP contribution in [0.4, 0.5) is 10.1 Å². The highest BCUT2D eigenvalue weighted by atomic mass is 19.1. The number of hydrogen-bond acceptors (Lipinski definition) is 3. The maximum Gasteiger partial charge on any atom is 0.243 e. The van der Waals surface area contributed by atoms with Crippen molar-refractivity contribution in [2.75, 3.05) is 12.4 Å². The fraction of sp³-hybridized carbons (Fsp3) is 0.235. The molecule has 5 heteroatoms. The molecule has 0 saturated heterocycles. The summed E-state index contributed by atoms with van der Waals surface area (Å²) in [5.41, 5.74) is 2.57. The normalized spacial score (nSPS) is 15.8. The molecule has 1 heterocycles. The summed E-state index contributed by atoms with van der Waals surface area (Å²) < 4.78 is 18.5. The predicted octanol–water partition coefficient (Wildman–Crippen LogP) is 2.49. The highest BCUT2D eigenvalue weighted by Crippen LogP contribution is 2.26. The van der Waals surface area contributed by atoms with Crippen LogP contribution in [0, 0.1) is 5.82 Å². The van der Waals surface area contributed by atoms with E-state index in [4.69, 9.17) is 4.74 Å². The van der Waals surface area contributed by atoms with Gasteiger partial charge in [-0.15, -0.1) is 0 Å². The molecule has 2 aromatic rings. The molecule has 2 N–H and O–H groups in total. The Morgan fingerprint density at radius 2 is 2.18 bits per heavy atom. The molecule has 114 valence electrons. The Morgan fingerprint density at radius 3 is 3.00 bits per heavy atom. The van der Waals surface area contributed by atoms with Crippen molar-refractivity contribution in [1.82, 2.24) is 5.32 Å². The van der Waals surface area contributed by atoms with Crippen molar-refractivity contribution in [2.24, 2.45) is 0 Å². The van der Waals surface area contributed by atoms with E-state index in [-0.39, 0.29) is 17.8 Å². The Hall–Kier alpha value is -2.56. The van der Waals surface area contributed by atoms with Crippen LogP contribution >= 0.6 is 0 Å². The lowest BCUT2D eigenvalue weighted by Gasteiger charge is -2.13. The van der Waals surface area contributed by atoms with Crippen LogP contribution in [0.1, 0.15) is 11.1 Å². The fourth-order valence-corrected chi connectivity index (χ4v) is 2.64. The van der Waals surface area contributed by atoms with Crippen LogP contribution < -0.4 is 15.4 Å². The molecule has 1 amide bonds. The summed E-state index contributed by atoms with van der Waals surface area (Å²) in [6.07, 6.45) is 0.491. The SMILES string of the molecule is COc1ccccc1CNC(=O)C1Cc2cc(F)ccc2N1. The quantitative estimate of drug-likeness (QED) is 0.912. The number of methoxy groups -OCH3 is 1. The van der Waals surface area contributed by atoms with Crippen molar-refractivity contribution < 1.29 is 13.9 Å². The van der Waals surface area contributed by atoms with Gasteiger partial charge < -0.3 is 15.4 Å². The third-order valence-electron chi connectivity index (χ3n) is 3.78. The van der Waals surface area contributed by atoms with Gasteiger partial charge in [-0.05, 0) is 29.8 Å². The molecule has 1 aliphatic rings. The van der Waals surface area contributed by atoms with Gasteiger partial charge in [-0.3, -0.25) is 4.79 Å². The number of carbonyl (C=O) groups is 1. The Kier molecular flexibility index (Phi) is 3.96.